The van der Waals surface area contributed by atoms with Crippen LogP contribution >= 0.6 is 0 Å². The Balaban J connectivity index is 1.73. The first-order valence-electron chi connectivity index (χ1n) is 23.0. The van der Waals surface area contributed by atoms with E-state index in [-0.39, 0.29) is 35.8 Å². The Hall–Kier alpha value is -5.54. The van der Waals surface area contributed by atoms with Crippen molar-refractivity contribution in [3.63, 3.8) is 0 Å². The average molecular weight is 935 g/mol. The van der Waals surface area contributed by atoms with Crippen LogP contribution in [0.1, 0.15) is 84.6 Å². The largest absolute Gasteiger partial charge is 0.517 e. The second-order valence-electron chi connectivity index (χ2n) is 21.6. The highest BCUT2D eigenvalue weighted by Crippen LogP contribution is 2.55. The Labute approximate surface area is 395 Å². The molecule has 0 unspecified atom stereocenters. The SMILES string of the molecule is CC(C)(C)OC(=O)N[C@@H](Cc1ccccc1)C(=O)N[C@@H](Cc1ccccc1)C(=O)N[C@@H](Cc1ccccc1)C(=O)N[C@@H](Cc1ccccc1)C(=O)O[Si](C[Si](C)(C)C)(C(C)(C)C)C(C)(C)C. The van der Waals surface area contributed by atoms with E-state index in [2.05, 4.69) is 82.5 Å². The molecule has 4 aromatic carbocycles. The van der Waals surface area contributed by atoms with E-state index in [1.807, 2.05) is 121 Å². The van der Waals surface area contributed by atoms with E-state index in [0.717, 1.165) is 27.9 Å². The number of hydrogen-bond acceptors (Lipinski definition) is 7. The van der Waals surface area contributed by atoms with Crippen molar-refractivity contribution < 1.29 is 33.1 Å². The molecular formula is C53H74N4O7Si2. The summed E-state index contributed by atoms with van der Waals surface area (Å²) >= 11 is 0. The number of rotatable bonds is 19. The zero-order chi connectivity index (χ0) is 48.9. The normalized spacial score (nSPS) is 14.1. The lowest BCUT2D eigenvalue weighted by molar-refractivity contribution is -0.141. The van der Waals surface area contributed by atoms with Gasteiger partial charge in [0.05, 0.1) is 0 Å². The average Bonchev–Trinajstić information content (AvgIpc) is 3.22. The van der Waals surface area contributed by atoms with Crippen molar-refractivity contribution in [2.24, 2.45) is 0 Å². The second kappa shape index (κ2) is 22.8. The monoisotopic (exact) mass is 935 g/mol. The molecule has 4 rings (SSSR count). The molecule has 356 valence electrons. The van der Waals surface area contributed by atoms with Crippen LogP contribution in [0.2, 0.25) is 35.4 Å². The summed E-state index contributed by atoms with van der Waals surface area (Å²) in [6.45, 7) is 25.1. The minimum atomic E-state index is -2.95. The maximum atomic E-state index is 14.9. The molecule has 66 heavy (non-hydrogen) atoms. The molecular weight excluding hydrogens is 861 g/mol. The Morgan fingerprint density at radius 3 is 1.03 bits per heavy atom. The van der Waals surface area contributed by atoms with Crippen LogP contribution in [0.5, 0.6) is 0 Å². The van der Waals surface area contributed by atoms with Crippen molar-refractivity contribution in [2.75, 3.05) is 0 Å². The third kappa shape index (κ3) is 16.4. The van der Waals surface area contributed by atoms with Gasteiger partial charge in [-0.3, -0.25) is 19.2 Å². The van der Waals surface area contributed by atoms with E-state index in [1.165, 1.54) is 0 Å². The van der Waals surface area contributed by atoms with Crippen molar-refractivity contribution in [3.8, 4) is 0 Å². The molecule has 0 aliphatic carbocycles. The number of carbonyl (C=O) groups excluding carboxylic acids is 5. The smallest absolute Gasteiger partial charge is 0.408 e. The van der Waals surface area contributed by atoms with E-state index in [9.17, 15) is 24.0 Å². The van der Waals surface area contributed by atoms with E-state index in [4.69, 9.17) is 9.16 Å². The van der Waals surface area contributed by atoms with Gasteiger partial charge in [0.2, 0.25) is 17.7 Å². The number of ether oxygens (including phenoxy) is 1. The summed E-state index contributed by atoms with van der Waals surface area (Å²) in [6.07, 6.45) is -0.322. The summed E-state index contributed by atoms with van der Waals surface area (Å²) in [4.78, 5) is 71.9. The summed E-state index contributed by atoms with van der Waals surface area (Å²) in [7, 11) is -4.75. The molecule has 0 saturated carbocycles. The molecule has 0 fully saturated rings. The molecule has 4 aromatic rings. The van der Waals surface area contributed by atoms with Crippen molar-refractivity contribution in [2.45, 2.75) is 153 Å². The van der Waals surface area contributed by atoms with Crippen molar-refractivity contribution in [3.05, 3.63) is 144 Å². The third-order valence-corrected chi connectivity index (χ3v) is 23.1. The summed E-state index contributed by atoms with van der Waals surface area (Å²) in [6, 6.07) is 32.7. The number of alkyl carbamates (subject to hydrolysis) is 1. The van der Waals surface area contributed by atoms with Gasteiger partial charge < -0.3 is 30.4 Å². The maximum Gasteiger partial charge on any atom is 0.408 e. The third-order valence-electron chi connectivity index (χ3n) is 11.5. The Kier molecular flexibility index (Phi) is 18.3. The Bertz CT molecular complexity index is 2190. The minimum Gasteiger partial charge on any atom is -0.517 e. The maximum absolute atomic E-state index is 14.9. The van der Waals surface area contributed by atoms with E-state index >= 15 is 0 Å². The van der Waals surface area contributed by atoms with Crippen LogP contribution in [0.25, 0.3) is 0 Å². The van der Waals surface area contributed by atoms with E-state index in [0.29, 0.717) is 0 Å². The number of hydrogen-bond donors (Lipinski definition) is 4. The first-order chi connectivity index (χ1) is 30.7. The zero-order valence-corrected chi connectivity index (χ0v) is 43.2. The van der Waals surface area contributed by atoms with Crippen LogP contribution in [0.4, 0.5) is 4.79 Å². The van der Waals surface area contributed by atoms with Gasteiger partial charge >= 0.3 is 12.1 Å². The van der Waals surface area contributed by atoms with Crippen LogP contribution in [0.3, 0.4) is 0 Å². The number of nitrogens with one attached hydrogen (secondary N) is 4. The fourth-order valence-electron chi connectivity index (χ4n) is 8.47. The molecule has 0 saturated heterocycles. The van der Waals surface area contributed by atoms with Crippen LogP contribution in [0, 0.1) is 0 Å². The lowest BCUT2D eigenvalue weighted by Crippen LogP contribution is -2.62. The standard InChI is InChI=1S/C53H74N4O7Si2/c1-51(2,3)63-50(62)57-44(35-40-29-21-15-22-30-40)48(60)55-42(33-38-25-17-13-18-26-38)46(58)54-43(34-39-27-19-14-20-28-39)47(59)56-45(36-41-31-23-16-24-32-41)49(61)64-66(52(4,5)6,53(7,8)9)37-65(10,11)12/h13-32,42-45H,33-37H2,1-12H3,(H,54,58)(H,55,60)(H,56,59)(H,57,62)/t42-,43-,44-,45-/m0/s1. The minimum absolute atomic E-state index is 0.0783. The number of amides is 4. The summed E-state index contributed by atoms with van der Waals surface area (Å²) in [5.74, 6) is -2.31. The Morgan fingerprint density at radius 2 is 0.742 bits per heavy atom. The van der Waals surface area contributed by atoms with Crippen molar-refractivity contribution in [1.82, 2.24) is 21.3 Å². The molecule has 4 amide bonds. The van der Waals surface area contributed by atoms with Gasteiger partial charge in [0.25, 0.3) is 8.32 Å². The quantitative estimate of drug-likeness (QED) is 0.0685. The molecule has 4 atom stereocenters. The van der Waals surface area contributed by atoms with Gasteiger partial charge in [-0.15, -0.1) is 0 Å². The molecule has 0 radical (unpaired) electrons. The predicted molar refractivity (Wildman–Crippen MR) is 269 cm³/mol. The van der Waals surface area contributed by atoms with Crippen molar-refractivity contribution in [1.29, 1.82) is 0 Å². The van der Waals surface area contributed by atoms with Gasteiger partial charge in [-0.25, -0.2) is 4.79 Å². The van der Waals surface area contributed by atoms with Gasteiger partial charge in [0.1, 0.15) is 29.8 Å². The van der Waals surface area contributed by atoms with Gasteiger partial charge in [-0.1, -0.05) is 183 Å². The molecule has 0 aromatic heterocycles. The van der Waals surface area contributed by atoms with Gasteiger partial charge in [0.15, 0.2) is 0 Å². The Morgan fingerprint density at radius 1 is 0.455 bits per heavy atom. The first-order valence-corrected chi connectivity index (χ1v) is 28.9. The molecule has 0 heterocycles. The number of benzene rings is 4. The fraction of sp³-hybridized carbons (Fsp3) is 0.453. The van der Waals surface area contributed by atoms with Crippen molar-refractivity contribution >= 4 is 46.2 Å². The van der Waals surface area contributed by atoms with Crippen LogP contribution in [0.15, 0.2) is 121 Å². The molecule has 4 N–H and O–H groups in total. The van der Waals surface area contributed by atoms with Gasteiger partial charge in [0, 0.05) is 33.8 Å². The molecule has 0 aliphatic rings. The van der Waals surface area contributed by atoms with E-state index < -0.39 is 75.9 Å². The molecule has 0 aliphatic heterocycles. The van der Waals surface area contributed by atoms with Crippen LogP contribution in [-0.2, 0) is 54.0 Å². The van der Waals surface area contributed by atoms with Crippen LogP contribution in [-0.4, -0.2) is 75.9 Å². The summed E-state index contributed by atoms with van der Waals surface area (Å²) in [5.41, 5.74) is 3.17. The predicted octanol–water partition coefficient (Wildman–Crippen LogP) is 9.27. The van der Waals surface area contributed by atoms with E-state index in [1.54, 1.807) is 20.8 Å². The van der Waals surface area contributed by atoms with Gasteiger partial charge in [-0.2, -0.15) is 0 Å². The topological polar surface area (TPSA) is 152 Å². The highest BCUT2D eigenvalue weighted by Gasteiger charge is 2.59. The van der Waals surface area contributed by atoms with Gasteiger partial charge in [-0.05, 0) is 58.8 Å². The molecule has 0 bridgehead atoms. The highest BCUT2D eigenvalue weighted by molar-refractivity contribution is 6.96. The lowest BCUT2D eigenvalue weighted by atomic mass is 10.0. The summed E-state index contributed by atoms with van der Waals surface area (Å²) in [5, 5.41) is 11.0. The second-order valence-corrected chi connectivity index (χ2v) is 33.0. The number of carbonyl (C=O) groups is 5. The first kappa shape index (κ1) is 53.1. The molecule has 11 nitrogen and oxygen atoms in total. The van der Waals surface area contributed by atoms with Crippen LogP contribution < -0.4 is 21.3 Å². The molecule has 0 spiro atoms. The highest BCUT2D eigenvalue weighted by atomic mass is 28.4. The fourth-order valence-corrected chi connectivity index (χ4v) is 22.3. The summed E-state index contributed by atoms with van der Waals surface area (Å²) < 4.78 is 12.5. The molecule has 13 heteroatoms. The zero-order valence-electron chi connectivity index (χ0n) is 41.2. The lowest BCUT2D eigenvalue weighted by Gasteiger charge is -2.52.